The molecule has 0 aliphatic heterocycles. The van der Waals surface area contributed by atoms with Crippen molar-refractivity contribution in [2.75, 3.05) is 26.1 Å². The number of carbonyl (C=O) groups is 1. The summed E-state index contributed by atoms with van der Waals surface area (Å²) in [6.07, 6.45) is 0. The number of methoxy groups -OCH3 is 1. The molecule has 0 unspecified atom stereocenters. The molecule has 0 atom stereocenters. The van der Waals surface area contributed by atoms with Crippen LogP contribution in [0, 0.1) is 13.8 Å². The Bertz CT molecular complexity index is 1230. The molecule has 148 valence electrons. The number of rotatable bonds is 5. The molecule has 0 aliphatic rings. The Morgan fingerprint density at radius 1 is 1.07 bits per heavy atom. The van der Waals surface area contributed by atoms with Gasteiger partial charge in [-0.05, 0) is 37.6 Å². The summed E-state index contributed by atoms with van der Waals surface area (Å²) in [6, 6.07) is 13.5. The molecule has 2 N–H and O–H groups in total. The Morgan fingerprint density at radius 3 is 2.48 bits per heavy atom. The van der Waals surface area contributed by atoms with E-state index >= 15 is 0 Å². The Labute approximate surface area is 168 Å². The lowest BCUT2D eigenvalue weighted by Gasteiger charge is -2.12. The number of nitrogens with zero attached hydrogens (tertiary/aromatic N) is 3. The topological polar surface area (TPSA) is 92.3 Å². The van der Waals surface area contributed by atoms with Crippen molar-refractivity contribution in [3.63, 3.8) is 0 Å². The van der Waals surface area contributed by atoms with Gasteiger partial charge in [-0.25, -0.2) is 14.8 Å². The fraction of sp³-hybridized carbons (Fsp3) is 0.227. The van der Waals surface area contributed by atoms with E-state index < -0.39 is 5.97 Å². The Kier molecular flexibility index (Phi) is 4.90. The summed E-state index contributed by atoms with van der Waals surface area (Å²) in [4.78, 5) is 22.3. The minimum Gasteiger partial charge on any atom is -0.459 e. The largest absolute Gasteiger partial charge is 0.459 e. The van der Waals surface area contributed by atoms with Gasteiger partial charge in [-0.3, -0.25) is 4.57 Å². The van der Waals surface area contributed by atoms with Crippen molar-refractivity contribution in [3.8, 4) is 5.69 Å². The molecule has 0 amide bonds. The van der Waals surface area contributed by atoms with E-state index in [2.05, 4.69) is 11.1 Å². The third-order valence-corrected chi connectivity index (χ3v) is 4.82. The number of para-hydroxylation sites is 2. The fourth-order valence-corrected chi connectivity index (χ4v) is 3.45. The molecular weight excluding hydrogens is 368 g/mol. The highest BCUT2D eigenvalue weighted by molar-refractivity contribution is 6.09. The number of aromatic nitrogens is 3. The summed E-state index contributed by atoms with van der Waals surface area (Å²) < 4.78 is 12.1. The summed E-state index contributed by atoms with van der Waals surface area (Å²) in [6.45, 7) is 4.46. The van der Waals surface area contributed by atoms with Crippen LogP contribution < -0.4 is 5.73 Å². The van der Waals surface area contributed by atoms with Crippen molar-refractivity contribution in [2.45, 2.75) is 13.8 Å². The van der Waals surface area contributed by atoms with Crippen molar-refractivity contribution in [2.24, 2.45) is 0 Å². The van der Waals surface area contributed by atoms with Crippen molar-refractivity contribution >= 4 is 34.0 Å². The minimum atomic E-state index is -0.544. The lowest BCUT2D eigenvalue weighted by atomic mass is 10.1. The van der Waals surface area contributed by atoms with Gasteiger partial charge in [0.05, 0.1) is 23.3 Å². The molecule has 4 rings (SSSR count). The average molecular weight is 390 g/mol. The highest BCUT2D eigenvalue weighted by atomic mass is 16.6. The number of aryl methyl sites for hydroxylation is 2. The van der Waals surface area contributed by atoms with E-state index in [1.165, 1.54) is 0 Å². The maximum atomic E-state index is 12.8. The van der Waals surface area contributed by atoms with E-state index in [1.54, 1.807) is 11.7 Å². The molecule has 4 aromatic rings. The van der Waals surface area contributed by atoms with Gasteiger partial charge < -0.3 is 15.2 Å². The number of esters is 1. The number of nitrogen functional groups attached to an aromatic ring is 1. The van der Waals surface area contributed by atoms with Crippen LogP contribution in [0.25, 0.3) is 27.9 Å². The first-order valence-electron chi connectivity index (χ1n) is 9.31. The standard InChI is InChI=1S/C22H22N4O3/c1-13-8-9-17(14(2)12-13)26-20(23)18(22(27)29-11-10-28-3)19-21(26)25-16-7-5-4-6-15(16)24-19/h4-9,12H,10-11,23H2,1-3H3. The number of hydrogen-bond donors (Lipinski definition) is 1. The average Bonchev–Trinajstić information content (AvgIpc) is 2.97. The molecule has 0 saturated heterocycles. The first-order chi connectivity index (χ1) is 14.0. The molecule has 2 aromatic carbocycles. The summed E-state index contributed by atoms with van der Waals surface area (Å²) in [5.41, 5.74) is 12.0. The Balaban J connectivity index is 2.00. The molecule has 0 fully saturated rings. The van der Waals surface area contributed by atoms with Crippen LogP contribution in [0.15, 0.2) is 42.5 Å². The number of ether oxygens (including phenoxy) is 2. The molecule has 0 radical (unpaired) electrons. The number of anilines is 1. The lowest BCUT2D eigenvalue weighted by Crippen LogP contribution is -2.12. The highest BCUT2D eigenvalue weighted by Gasteiger charge is 2.26. The van der Waals surface area contributed by atoms with Crippen LogP contribution in [0.3, 0.4) is 0 Å². The summed E-state index contributed by atoms with van der Waals surface area (Å²) in [5.74, 6) is -0.290. The van der Waals surface area contributed by atoms with Crippen molar-refractivity contribution in [3.05, 3.63) is 59.2 Å². The van der Waals surface area contributed by atoms with Crippen LogP contribution in [0.2, 0.25) is 0 Å². The molecule has 7 heteroatoms. The van der Waals surface area contributed by atoms with Gasteiger partial charge in [0.25, 0.3) is 0 Å². The van der Waals surface area contributed by atoms with E-state index in [-0.39, 0.29) is 18.0 Å². The first kappa shape index (κ1) is 18.9. The third-order valence-electron chi connectivity index (χ3n) is 4.82. The number of carbonyl (C=O) groups excluding carboxylic acids is 1. The van der Waals surface area contributed by atoms with Crippen LogP contribution in [-0.2, 0) is 9.47 Å². The van der Waals surface area contributed by atoms with Gasteiger partial charge >= 0.3 is 5.97 Å². The monoisotopic (exact) mass is 390 g/mol. The van der Waals surface area contributed by atoms with E-state index in [1.807, 2.05) is 50.2 Å². The smallest absolute Gasteiger partial charge is 0.344 e. The zero-order chi connectivity index (χ0) is 20.5. The molecule has 29 heavy (non-hydrogen) atoms. The van der Waals surface area contributed by atoms with Gasteiger partial charge in [-0.1, -0.05) is 29.8 Å². The lowest BCUT2D eigenvalue weighted by molar-refractivity contribution is 0.0391. The van der Waals surface area contributed by atoms with Gasteiger partial charge in [0.15, 0.2) is 5.65 Å². The molecular formula is C22H22N4O3. The van der Waals surface area contributed by atoms with Gasteiger partial charge in [0.1, 0.15) is 23.5 Å². The van der Waals surface area contributed by atoms with E-state index in [0.717, 1.165) is 22.3 Å². The van der Waals surface area contributed by atoms with Gasteiger partial charge in [-0.15, -0.1) is 0 Å². The highest BCUT2D eigenvalue weighted by Crippen LogP contribution is 2.32. The van der Waals surface area contributed by atoms with Crippen LogP contribution in [0.1, 0.15) is 21.5 Å². The van der Waals surface area contributed by atoms with Crippen molar-refractivity contribution < 1.29 is 14.3 Å². The fourth-order valence-electron chi connectivity index (χ4n) is 3.45. The quantitative estimate of drug-likeness (QED) is 0.414. The minimum absolute atomic E-state index is 0.131. The third kappa shape index (κ3) is 3.30. The number of fused-ring (bicyclic) bond motifs is 2. The van der Waals surface area contributed by atoms with Crippen LogP contribution in [-0.4, -0.2) is 40.8 Å². The molecule has 2 aromatic heterocycles. The zero-order valence-electron chi connectivity index (χ0n) is 16.6. The summed E-state index contributed by atoms with van der Waals surface area (Å²) in [7, 11) is 1.55. The second kappa shape index (κ2) is 7.52. The second-order valence-electron chi connectivity index (χ2n) is 6.90. The van der Waals surface area contributed by atoms with E-state index in [4.69, 9.17) is 20.2 Å². The SMILES string of the molecule is COCCOC(=O)c1c(N)n(-c2ccc(C)cc2C)c2nc3ccccc3nc12. The van der Waals surface area contributed by atoms with Crippen LogP contribution >= 0.6 is 0 Å². The molecule has 0 aliphatic carbocycles. The summed E-state index contributed by atoms with van der Waals surface area (Å²) in [5, 5.41) is 0. The number of nitrogens with two attached hydrogens (primary N) is 1. The Morgan fingerprint density at radius 2 is 1.79 bits per heavy atom. The molecule has 7 nitrogen and oxygen atoms in total. The van der Waals surface area contributed by atoms with Crippen molar-refractivity contribution in [1.82, 2.24) is 14.5 Å². The molecule has 0 saturated carbocycles. The predicted molar refractivity (Wildman–Crippen MR) is 112 cm³/mol. The van der Waals surface area contributed by atoms with E-state index in [9.17, 15) is 4.79 Å². The number of benzene rings is 2. The van der Waals surface area contributed by atoms with Crippen LogP contribution in [0.4, 0.5) is 5.82 Å². The molecule has 0 bridgehead atoms. The van der Waals surface area contributed by atoms with Gasteiger partial charge in [0.2, 0.25) is 0 Å². The summed E-state index contributed by atoms with van der Waals surface area (Å²) >= 11 is 0. The molecule has 2 heterocycles. The molecule has 0 spiro atoms. The van der Waals surface area contributed by atoms with Gasteiger partial charge in [-0.2, -0.15) is 0 Å². The Hall–Kier alpha value is -3.45. The van der Waals surface area contributed by atoms with E-state index in [0.29, 0.717) is 23.3 Å². The van der Waals surface area contributed by atoms with Crippen LogP contribution in [0.5, 0.6) is 0 Å². The van der Waals surface area contributed by atoms with Crippen molar-refractivity contribution in [1.29, 1.82) is 0 Å². The van der Waals surface area contributed by atoms with Gasteiger partial charge in [0, 0.05) is 7.11 Å². The predicted octanol–water partition coefficient (Wildman–Crippen LogP) is 3.58. The normalized spacial score (nSPS) is 11.3. The second-order valence-corrected chi connectivity index (χ2v) is 6.90. The first-order valence-corrected chi connectivity index (χ1v) is 9.31. The zero-order valence-corrected chi connectivity index (χ0v) is 16.6. The maximum Gasteiger partial charge on any atom is 0.344 e. The number of hydrogen-bond acceptors (Lipinski definition) is 6. The maximum absolute atomic E-state index is 12.8.